The van der Waals surface area contributed by atoms with Crippen molar-refractivity contribution in [1.29, 1.82) is 0 Å². The number of nitrogens with one attached hydrogen (secondary N) is 1. The molecule has 0 atom stereocenters. The molecule has 0 unspecified atom stereocenters. The average molecular weight is 385 g/mol. The molecule has 3 aromatic carbocycles. The predicted molar refractivity (Wildman–Crippen MR) is 114 cm³/mol. The summed E-state index contributed by atoms with van der Waals surface area (Å²) in [7, 11) is 0. The molecule has 28 heavy (non-hydrogen) atoms. The van der Waals surface area contributed by atoms with E-state index in [1.165, 1.54) is 11.8 Å². The van der Waals surface area contributed by atoms with Crippen LogP contribution in [0.25, 0.3) is 22.0 Å². The Hall–Kier alpha value is -3.18. The molecule has 138 valence electrons. The topological polar surface area (TPSA) is 54.9 Å². The number of aromatic nitrogens is 2. The van der Waals surface area contributed by atoms with Crippen molar-refractivity contribution in [2.75, 3.05) is 5.75 Å². The first-order chi connectivity index (χ1) is 13.8. The lowest BCUT2D eigenvalue weighted by atomic mass is 10.1. The summed E-state index contributed by atoms with van der Waals surface area (Å²) in [6, 6.07) is 28.0. The van der Waals surface area contributed by atoms with Crippen molar-refractivity contribution in [3.63, 3.8) is 0 Å². The van der Waals surface area contributed by atoms with Crippen LogP contribution in [-0.2, 0) is 11.3 Å². The van der Waals surface area contributed by atoms with Gasteiger partial charge in [0.25, 0.3) is 0 Å². The van der Waals surface area contributed by atoms with Crippen molar-refractivity contribution in [3.05, 3.63) is 90.5 Å². The Kier molecular flexibility index (Phi) is 5.64. The van der Waals surface area contributed by atoms with Gasteiger partial charge < -0.3 is 5.32 Å². The van der Waals surface area contributed by atoms with Gasteiger partial charge in [-0.05, 0) is 5.56 Å². The highest BCUT2D eigenvalue weighted by atomic mass is 32.2. The fourth-order valence-corrected chi connectivity index (χ4v) is 3.78. The van der Waals surface area contributed by atoms with Gasteiger partial charge in [-0.3, -0.25) is 4.79 Å². The Morgan fingerprint density at radius 1 is 0.786 bits per heavy atom. The molecule has 4 nitrogen and oxygen atoms in total. The number of rotatable bonds is 6. The minimum absolute atomic E-state index is 0.0214. The number of hydrogen-bond acceptors (Lipinski definition) is 4. The first kappa shape index (κ1) is 18.2. The van der Waals surface area contributed by atoms with Crippen LogP contribution in [0.1, 0.15) is 5.56 Å². The van der Waals surface area contributed by atoms with Crippen LogP contribution in [0.2, 0.25) is 0 Å². The van der Waals surface area contributed by atoms with E-state index in [1.807, 2.05) is 84.9 Å². The van der Waals surface area contributed by atoms with Crippen LogP contribution in [0.15, 0.2) is 90.0 Å². The Balaban J connectivity index is 1.49. The van der Waals surface area contributed by atoms with Crippen LogP contribution in [0, 0.1) is 0 Å². The zero-order valence-electron chi connectivity index (χ0n) is 15.2. The van der Waals surface area contributed by atoms with E-state index in [4.69, 9.17) is 0 Å². The van der Waals surface area contributed by atoms with E-state index in [9.17, 15) is 4.79 Å². The summed E-state index contributed by atoms with van der Waals surface area (Å²) in [6.45, 7) is 0.527. The number of hydrogen-bond donors (Lipinski definition) is 1. The third kappa shape index (κ3) is 4.21. The quantitative estimate of drug-likeness (QED) is 0.489. The summed E-state index contributed by atoms with van der Waals surface area (Å²) >= 11 is 1.41. The van der Waals surface area contributed by atoms with Crippen LogP contribution in [0.3, 0.4) is 0 Å². The standard InChI is InChI=1S/C23H19N3OS/c27-21(24-15-17-9-3-1-4-10-17)16-28-23-20-14-8-7-13-19(20)22(25-26-23)18-11-5-2-6-12-18/h1-14H,15-16H2,(H,24,27). The predicted octanol–water partition coefficient (Wildman–Crippen LogP) is 4.71. The van der Waals surface area contributed by atoms with Gasteiger partial charge in [-0.1, -0.05) is 96.7 Å². The van der Waals surface area contributed by atoms with Gasteiger partial charge in [-0.25, -0.2) is 0 Å². The van der Waals surface area contributed by atoms with E-state index in [0.29, 0.717) is 12.3 Å². The number of nitrogens with zero attached hydrogens (tertiary/aromatic N) is 2. The molecule has 0 saturated carbocycles. The highest BCUT2D eigenvalue weighted by Crippen LogP contribution is 2.31. The van der Waals surface area contributed by atoms with Crippen molar-refractivity contribution >= 4 is 28.4 Å². The number of carbonyl (C=O) groups is 1. The number of benzene rings is 3. The van der Waals surface area contributed by atoms with Gasteiger partial charge in [-0.2, -0.15) is 0 Å². The van der Waals surface area contributed by atoms with Gasteiger partial charge in [0.05, 0.1) is 5.75 Å². The molecule has 1 N–H and O–H groups in total. The minimum atomic E-state index is -0.0214. The van der Waals surface area contributed by atoms with Crippen molar-refractivity contribution in [1.82, 2.24) is 15.5 Å². The maximum Gasteiger partial charge on any atom is 0.230 e. The maximum atomic E-state index is 12.2. The number of thioether (sulfide) groups is 1. The SMILES string of the molecule is O=C(CSc1nnc(-c2ccccc2)c2ccccc12)NCc1ccccc1. The molecule has 0 saturated heterocycles. The number of amides is 1. The zero-order valence-corrected chi connectivity index (χ0v) is 16.0. The highest BCUT2D eigenvalue weighted by Gasteiger charge is 2.12. The number of carbonyl (C=O) groups excluding carboxylic acids is 1. The molecule has 1 heterocycles. The summed E-state index contributed by atoms with van der Waals surface area (Å²) in [5, 5.41) is 14.6. The second-order valence-electron chi connectivity index (χ2n) is 6.32. The second-order valence-corrected chi connectivity index (χ2v) is 7.28. The van der Waals surface area contributed by atoms with Crippen LogP contribution < -0.4 is 5.32 Å². The van der Waals surface area contributed by atoms with Gasteiger partial charge in [0.2, 0.25) is 5.91 Å². The number of fused-ring (bicyclic) bond motifs is 1. The summed E-state index contributed by atoms with van der Waals surface area (Å²) in [5.74, 6) is 0.280. The zero-order chi connectivity index (χ0) is 19.2. The van der Waals surface area contributed by atoms with E-state index < -0.39 is 0 Å². The molecular formula is C23H19N3OS. The molecule has 5 heteroatoms. The molecule has 4 aromatic rings. The van der Waals surface area contributed by atoms with Crippen molar-refractivity contribution in [3.8, 4) is 11.3 Å². The van der Waals surface area contributed by atoms with E-state index in [-0.39, 0.29) is 5.91 Å². The van der Waals surface area contributed by atoms with E-state index in [1.54, 1.807) is 0 Å². The first-order valence-corrected chi connectivity index (χ1v) is 10.0. The molecule has 0 aliphatic rings. The molecule has 0 spiro atoms. The Labute approximate surface area is 168 Å². The molecule has 0 fully saturated rings. The fraction of sp³-hybridized carbons (Fsp3) is 0.0870. The molecule has 0 aliphatic carbocycles. The normalized spacial score (nSPS) is 10.7. The second kappa shape index (κ2) is 8.67. The Bertz CT molecular complexity index is 1080. The van der Waals surface area contributed by atoms with Crippen molar-refractivity contribution in [2.24, 2.45) is 0 Å². The van der Waals surface area contributed by atoms with E-state index >= 15 is 0 Å². The first-order valence-electron chi connectivity index (χ1n) is 9.05. The monoisotopic (exact) mass is 385 g/mol. The molecular weight excluding hydrogens is 366 g/mol. The lowest BCUT2D eigenvalue weighted by Gasteiger charge is -2.09. The fourth-order valence-electron chi connectivity index (χ4n) is 2.98. The van der Waals surface area contributed by atoms with Gasteiger partial charge >= 0.3 is 0 Å². The van der Waals surface area contributed by atoms with E-state index in [0.717, 1.165) is 32.6 Å². The van der Waals surface area contributed by atoms with Gasteiger partial charge in [0, 0.05) is 22.9 Å². The largest absolute Gasteiger partial charge is 0.351 e. The summed E-state index contributed by atoms with van der Waals surface area (Å²) in [4.78, 5) is 12.2. The average Bonchev–Trinajstić information content (AvgIpc) is 2.77. The summed E-state index contributed by atoms with van der Waals surface area (Å²) in [6.07, 6.45) is 0. The molecule has 1 aromatic heterocycles. The lowest BCUT2D eigenvalue weighted by Crippen LogP contribution is -2.24. The van der Waals surface area contributed by atoms with Crippen molar-refractivity contribution < 1.29 is 4.79 Å². The van der Waals surface area contributed by atoms with Gasteiger partial charge in [0.15, 0.2) is 0 Å². The third-order valence-electron chi connectivity index (χ3n) is 4.37. The maximum absolute atomic E-state index is 12.2. The molecule has 4 rings (SSSR count). The van der Waals surface area contributed by atoms with Crippen LogP contribution in [0.4, 0.5) is 0 Å². The van der Waals surface area contributed by atoms with Crippen LogP contribution in [0.5, 0.6) is 0 Å². The van der Waals surface area contributed by atoms with Gasteiger partial charge in [-0.15, -0.1) is 10.2 Å². The Morgan fingerprint density at radius 3 is 2.18 bits per heavy atom. The Morgan fingerprint density at radius 2 is 1.43 bits per heavy atom. The van der Waals surface area contributed by atoms with Crippen molar-refractivity contribution in [2.45, 2.75) is 11.6 Å². The smallest absolute Gasteiger partial charge is 0.230 e. The highest BCUT2D eigenvalue weighted by molar-refractivity contribution is 8.00. The van der Waals surface area contributed by atoms with E-state index in [2.05, 4.69) is 15.5 Å². The minimum Gasteiger partial charge on any atom is -0.351 e. The molecule has 0 bridgehead atoms. The van der Waals surface area contributed by atoms with Crippen LogP contribution >= 0.6 is 11.8 Å². The molecule has 1 amide bonds. The third-order valence-corrected chi connectivity index (χ3v) is 5.35. The summed E-state index contributed by atoms with van der Waals surface area (Å²) < 4.78 is 0. The lowest BCUT2D eigenvalue weighted by molar-refractivity contribution is -0.118. The molecule has 0 radical (unpaired) electrons. The summed E-state index contributed by atoms with van der Waals surface area (Å²) in [5.41, 5.74) is 2.97. The van der Waals surface area contributed by atoms with Crippen LogP contribution in [-0.4, -0.2) is 21.9 Å². The molecule has 0 aliphatic heterocycles. The van der Waals surface area contributed by atoms with Gasteiger partial charge in [0.1, 0.15) is 10.7 Å².